The summed E-state index contributed by atoms with van der Waals surface area (Å²) >= 11 is 0. The van der Waals surface area contributed by atoms with E-state index in [0.717, 1.165) is 24.2 Å². The monoisotopic (exact) mass is 400 g/mol. The van der Waals surface area contributed by atoms with Gasteiger partial charge in [-0.25, -0.2) is 0 Å². The Hall–Kier alpha value is -2.70. The standard InChI is InChI=1S/C22H28N2O5/c1-13-7-6-10-18(14(13)2)23-21(27)15(3)29-20(26)12-24-19(25)11-16-8-4-5-9-17(16)22(24)28/h4-5,8-9,13-15,18H,6-7,10-12H2,1-3H3,(H,23,27)/t13-,14-,15-,18-/m1/s1. The van der Waals surface area contributed by atoms with E-state index in [2.05, 4.69) is 19.2 Å². The molecule has 1 saturated carbocycles. The van der Waals surface area contributed by atoms with Gasteiger partial charge in [0.15, 0.2) is 6.10 Å². The number of fused-ring (bicyclic) bond motifs is 1. The number of rotatable bonds is 5. The molecule has 4 atom stereocenters. The third-order valence-electron chi connectivity index (χ3n) is 6.13. The summed E-state index contributed by atoms with van der Waals surface area (Å²) in [4.78, 5) is 50.4. The van der Waals surface area contributed by atoms with Crippen LogP contribution in [0.3, 0.4) is 0 Å². The Morgan fingerprint density at radius 2 is 1.93 bits per heavy atom. The lowest BCUT2D eigenvalue weighted by Gasteiger charge is -2.35. The molecule has 1 fully saturated rings. The fourth-order valence-corrected chi connectivity index (χ4v) is 4.06. The molecule has 0 aromatic heterocycles. The fourth-order valence-electron chi connectivity index (χ4n) is 4.06. The van der Waals surface area contributed by atoms with Gasteiger partial charge in [0.1, 0.15) is 6.54 Å². The summed E-state index contributed by atoms with van der Waals surface area (Å²) in [6.45, 7) is 5.30. The Morgan fingerprint density at radius 1 is 1.21 bits per heavy atom. The fraction of sp³-hybridized carbons (Fsp3) is 0.545. The van der Waals surface area contributed by atoms with E-state index in [0.29, 0.717) is 23.0 Å². The van der Waals surface area contributed by atoms with Gasteiger partial charge < -0.3 is 10.1 Å². The minimum absolute atomic E-state index is 0.0585. The maximum atomic E-state index is 12.5. The van der Waals surface area contributed by atoms with Crippen LogP contribution in [-0.4, -0.2) is 47.3 Å². The van der Waals surface area contributed by atoms with Crippen molar-refractivity contribution < 1.29 is 23.9 Å². The molecule has 0 unspecified atom stereocenters. The summed E-state index contributed by atoms with van der Waals surface area (Å²) in [5.41, 5.74) is 1.06. The van der Waals surface area contributed by atoms with Gasteiger partial charge in [-0.2, -0.15) is 0 Å². The first kappa shape index (κ1) is 21.0. The van der Waals surface area contributed by atoms with E-state index in [1.54, 1.807) is 24.3 Å². The number of ether oxygens (including phenoxy) is 1. The lowest BCUT2D eigenvalue weighted by molar-refractivity contribution is -0.157. The van der Waals surface area contributed by atoms with Gasteiger partial charge in [-0.15, -0.1) is 0 Å². The third-order valence-corrected chi connectivity index (χ3v) is 6.13. The number of hydrogen-bond donors (Lipinski definition) is 1. The number of benzene rings is 1. The molecule has 3 amide bonds. The maximum Gasteiger partial charge on any atom is 0.326 e. The van der Waals surface area contributed by atoms with Crippen molar-refractivity contribution in [1.29, 1.82) is 0 Å². The number of carbonyl (C=O) groups excluding carboxylic acids is 4. The summed E-state index contributed by atoms with van der Waals surface area (Å²) < 4.78 is 5.21. The second kappa shape index (κ2) is 8.76. The molecule has 0 saturated heterocycles. The Kier molecular flexibility index (Phi) is 6.35. The SMILES string of the molecule is C[C@@H]1[C@H](C)CCC[C@H]1NC(=O)[C@@H](C)OC(=O)CN1C(=O)Cc2ccccc2C1=O. The number of nitrogens with zero attached hydrogens (tertiary/aromatic N) is 1. The molecule has 29 heavy (non-hydrogen) atoms. The molecule has 1 aliphatic heterocycles. The van der Waals surface area contributed by atoms with Gasteiger partial charge in [-0.05, 0) is 36.8 Å². The number of nitrogens with one attached hydrogen (secondary N) is 1. The molecule has 7 nitrogen and oxygen atoms in total. The summed E-state index contributed by atoms with van der Waals surface area (Å²) in [5.74, 6) is -1.21. The first-order valence-corrected chi connectivity index (χ1v) is 10.2. The van der Waals surface area contributed by atoms with Crippen LogP contribution in [-0.2, 0) is 25.5 Å². The molecule has 0 radical (unpaired) electrons. The predicted molar refractivity (Wildman–Crippen MR) is 106 cm³/mol. The average Bonchev–Trinajstić information content (AvgIpc) is 2.68. The first-order valence-electron chi connectivity index (χ1n) is 10.2. The molecule has 1 N–H and O–H groups in total. The summed E-state index contributed by atoms with van der Waals surface area (Å²) in [5, 5.41) is 2.97. The van der Waals surface area contributed by atoms with Crippen LogP contribution in [0.25, 0.3) is 0 Å². The van der Waals surface area contributed by atoms with E-state index in [-0.39, 0.29) is 18.4 Å². The number of esters is 1. The van der Waals surface area contributed by atoms with Crippen LogP contribution >= 0.6 is 0 Å². The van der Waals surface area contributed by atoms with Crippen molar-refractivity contribution in [2.24, 2.45) is 11.8 Å². The van der Waals surface area contributed by atoms with Gasteiger partial charge >= 0.3 is 5.97 Å². The lowest BCUT2D eigenvalue weighted by atomic mass is 9.78. The van der Waals surface area contributed by atoms with Gasteiger partial charge in [-0.1, -0.05) is 44.9 Å². The van der Waals surface area contributed by atoms with Crippen LogP contribution in [0.2, 0.25) is 0 Å². The predicted octanol–water partition coefficient (Wildman–Crippen LogP) is 2.08. The molecular formula is C22H28N2O5. The van der Waals surface area contributed by atoms with E-state index < -0.39 is 30.4 Å². The van der Waals surface area contributed by atoms with Crippen molar-refractivity contribution in [3.63, 3.8) is 0 Å². The zero-order chi connectivity index (χ0) is 21.1. The van der Waals surface area contributed by atoms with E-state index in [1.165, 1.54) is 6.92 Å². The lowest BCUT2D eigenvalue weighted by Crippen LogP contribution is -2.49. The van der Waals surface area contributed by atoms with E-state index in [4.69, 9.17) is 4.74 Å². The first-order chi connectivity index (χ1) is 13.8. The summed E-state index contributed by atoms with van der Waals surface area (Å²) in [6.07, 6.45) is 2.19. The zero-order valence-corrected chi connectivity index (χ0v) is 17.1. The highest BCUT2D eigenvalue weighted by Crippen LogP contribution is 2.29. The van der Waals surface area contributed by atoms with Crippen LogP contribution < -0.4 is 5.32 Å². The summed E-state index contributed by atoms with van der Waals surface area (Å²) in [6, 6.07) is 6.89. The van der Waals surface area contributed by atoms with Crippen molar-refractivity contribution in [3.8, 4) is 0 Å². The smallest absolute Gasteiger partial charge is 0.326 e. The van der Waals surface area contributed by atoms with Crippen LogP contribution in [0.15, 0.2) is 24.3 Å². The van der Waals surface area contributed by atoms with Gasteiger partial charge in [0.25, 0.3) is 11.8 Å². The van der Waals surface area contributed by atoms with Gasteiger partial charge in [0.05, 0.1) is 6.42 Å². The highest BCUT2D eigenvalue weighted by atomic mass is 16.5. The molecule has 3 rings (SSSR count). The largest absolute Gasteiger partial charge is 0.451 e. The molecule has 1 aromatic rings. The molecule has 1 aliphatic carbocycles. The van der Waals surface area contributed by atoms with E-state index in [9.17, 15) is 19.2 Å². The maximum absolute atomic E-state index is 12.5. The third kappa shape index (κ3) is 4.66. The molecule has 0 spiro atoms. The number of hydrogen-bond acceptors (Lipinski definition) is 5. The second-order valence-corrected chi connectivity index (χ2v) is 8.13. The van der Waals surface area contributed by atoms with Crippen LogP contribution in [0, 0.1) is 11.8 Å². The molecule has 0 bridgehead atoms. The number of carbonyl (C=O) groups is 4. The molecule has 7 heteroatoms. The van der Waals surface area contributed by atoms with Crippen LogP contribution in [0.4, 0.5) is 0 Å². The second-order valence-electron chi connectivity index (χ2n) is 8.13. The summed E-state index contributed by atoms with van der Waals surface area (Å²) in [7, 11) is 0. The molecule has 2 aliphatic rings. The van der Waals surface area contributed by atoms with Gasteiger partial charge in [-0.3, -0.25) is 24.1 Å². The van der Waals surface area contributed by atoms with Crippen molar-refractivity contribution in [1.82, 2.24) is 10.2 Å². The van der Waals surface area contributed by atoms with E-state index in [1.807, 2.05) is 0 Å². The molecular weight excluding hydrogens is 372 g/mol. The van der Waals surface area contributed by atoms with E-state index >= 15 is 0 Å². The highest BCUT2D eigenvalue weighted by Gasteiger charge is 2.34. The van der Waals surface area contributed by atoms with Crippen molar-refractivity contribution in [3.05, 3.63) is 35.4 Å². The quantitative estimate of drug-likeness (QED) is 0.603. The van der Waals surface area contributed by atoms with Crippen molar-refractivity contribution in [2.45, 2.75) is 58.6 Å². The Bertz CT molecular complexity index is 821. The Morgan fingerprint density at radius 3 is 2.69 bits per heavy atom. The minimum Gasteiger partial charge on any atom is -0.451 e. The Balaban J connectivity index is 1.55. The number of imide groups is 1. The molecule has 1 aromatic carbocycles. The Labute approximate surface area is 170 Å². The van der Waals surface area contributed by atoms with Gasteiger partial charge in [0, 0.05) is 11.6 Å². The van der Waals surface area contributed by atoms with Crippen molar-refractivity contribution in [2.75, 3.05) is 6.54 Å². The zero-order valence-electron chi connectivity index (χ0n) is 17.1. The van der Waals surface area contributed by atoms with Crippen molar-refractivity contribution >= 4 is 23.7 Å². The molecule has 156 valence electrons. The normalized spacial score (nSPS) is 25.2. The minimum atomic E-state index is -0.991. The topological polar surface area (TPSA) is 92.8 Å². The van der Waals surface area contributed by atoms with Crippen LogP contribution in [0.1, 0.15) is 56.0 Å². The average molecular weight is 400 g/mol. The highest BCUT2D eigenvalue weighted by molar-refractivity contribution is 6.11. The number of amides is 3. The van der Waals surface area contributed by atoms with Crippen LogP contribution in [0.5, 0.6) is 0 Å². The van der Waals surface area contributed by atoms with Gasteiger partial charge in [0.2, 0.25) is 5.91 Å². The molecule has 1 heterocycles.